The molecule has 0 bridgehead atoms. The van der Waals surface area contributed by atoms with Gasteiger partial charge in [0.15, 0.2) is 5.79 Å². The molecule has 0 spiro atoms. The van der Waals surface area contributed by atoms with Gasteiger partial charge in [-0.25, -0.2) is 0 Å². The number of hydrogen-bond donors (Lipinski definition) is 2. The number of ether oxygens (including phenoxy) is 2. The highest BCUT2D eigenvalue weighted by molar-refractivity contribution is 5.31. The Morgan fingerprint density at radius 2 is 2.20 bits per heavy atom. The second-order valence-electron chi connectivity index (χ2n) is 6.08. The Hall–Kier alpha value is -0.940. The molecule has 4 nitrogen and oxygen atoms in total. The van der Waals surface area contributed by atoms with Gasteiger partial charge >= 0.3 is 0 Å². The van der Waals surface area contributed by atoms with Crippen molar-refractivity contribution in [2.24, 2.45) is 0 Å². The predicted molar refractivity (Wildman–Crippen MR) is 78.4 cm³/mol. The van der Waals surface area contributed by atoms with Crippen LogP contribution < -0.4 is 10.6 Å². The molecule has 4 heteroatoms. The van der Waals surface area contributed by atoms with Gasteiger partial charge in [-0.3, -0.25) is 0 Å². The van der Waals surface area contributed by atoms with E-state index in [4.69, 9.17) is 9.47 Å². The fraction of sp³-hybridized carbons (Fsp3) is 0.625. The van der Waals surface area contributed by atoms with Gasteiger partial charge in [-0.1, -0.05) is 24.3 Å². The van der Waals surface area contributed by atoms with Gasteiger partial charge in [0.25, 0.3) is 0 Å². The van der Waals surface area contributed by atoms with Crippen molar-refractivity contribution in [2.45, 2.75) is 44.7 Å². The van der Waals surface area contributed by atoms with Crippen LogP contribution in [0.5, 0.6) is 0 Å². The molecule has 1 aromatic carbocycles. The highest BCUT2D eigenvalue weighted by Crippen LogP contribution is 2.25. The van der Waals surface area contributed by atoms with E-state index in [2.05, 4.69) is 34.9 Å². The predicted octanol–water partition coefficient (Wildman–Crippen LogP) is 1.96. The summed E-state index contributed by atoms with van der Waals surface area (Å²) in [6, 6.07) is 9.07. The van der Waals surface area contributed by atoms with Gasteiger partial charge in [0.05, 0.1) is 12.7 Å². The van der Waals surface area contributed by atoms with Crippen LogP contribution in [0.2, 0.25) is 0 Å². The van der Waals surface area contributed by atoms with Crippen molar-refractivity contribution >= 4 is 0 Å². The lowest BCUT2D eigenvalue weighted by Crippen LogP contribution is -2.33. The van der Waals surface area contributed by atoms with Crippen molar-refractivity contribution in [1.29, 1.82) is 0 Å². The molecule has 2 atom stereocenters. The van der Waals surface area contributed by atoms with Gasteiger partial charge in [-0.05, 0) is 37.9 Å². The standard InChI is InChI=1S/C16H24N2O2/c1-16(2)19-11-13(20-16)10-18-15-7-8-17-9-12-5-3-4-6-14(12)15/h3-6,13,15,17-18H,7-11H2,1-2H3. The van der Waals surface area contributed by atoms with Crippen molar-refractivity contribution in [3.63, 3.8) is 0 Å². The third kappa shape index (κ3) is 3.20. The maximum absolute atomic E-state index is 5.86. The summed E-state index contributed by atoms with van der Waals surface area (Å²) >= 11 is 0. The number of hydrogen-bond acceptors (Lipinski definition) is 4. The summed E-state index contributed by atoms with van der Waals surface area (Å²) < 4.78 is 11.5. The topological polar surface area (TPSA) is 42.5 Å². The average Bonchev–Trinajstić information content (AvgIpc) is 2.67. The molecule has 2 aliphatic heterocycles. The van der Waals surface area contributed by atoms with Crippen molar-refractivity contribution < 1.29 is 9.47 Å². The lowest BCUT2D eigenvalue weighted by atomic mass is 9.99. The van der Waals surface area contributed by atoms with E-state index in [0.717, 1.165) is 26.1 Å². The molecule has 0 aromatic heterocycles. The largest absolute Gasteiger partial charge is 0.348 e. The Labute approximate surface area is 120 Å². The molecule has 0 amide bonds. The molecule has 20 heavy (non-hydrogen) atoms. The monoisotopic (exact) mass is 276 g/mol. The highest BCUT2D eigenvalue weighted by Gasteiger charge is 2.32. The van der Waals surface area contributed by atoms with Gasteiger partial charge < -0.3 is 20.1 Å². The summed E-state index contributed by atoms with van der Waals surface area (Å²) in [5, 5.41) is 7.13. The molecule has 1 fully saturated rings. The first-order valence-electron chi connectivity index (χ1n) is 7.48. The number of nitrogens with one attached hydrogen (secondary N) is 2. The molecular formula is C16H24N2O2. The van der Waals surface area contributed by atoms with Crippen molar-refractivity contribution in [1.82, 2.24) is 10.6 Å². The van der Waals surface area contributed by atoms with Crippen molar-refractivity contribution in [3.8, 4) is 0 Å². The lowest BCUT2D eigenvalue weighted by molar-refractivity contribution is -0.137. The molecule has 2 aliphatic rings. The molecule has 1 aromatic rings. The van der Waals surface area contributed by atoms with E-state index in [1.165, 1.54) is 11.1 Å². The molecule has 110 valence electrons. The zero-order valence-electron chi connectivity index (χ0n) is 12.3. The fourth-order valence-electron chi connectivity index (χ4n) is 3.01. The summed E-state index contributed by atoms with van der Waals surface area (Å²) in [5.41, 5.74) is 2.81. The van der Waals surface area contributed by atoms with E-state index in [1.54, 1.807) is 0 Å². The van der Waals surface area contributed by atoms with Gasteiger partial charge in [-0.15, -0.1) is 0 Å². The zero-order valence-corrected chi connectivity index (χ0v) is 12.3. The van der Waals surface area contributed by atoms with E-state index < -0.39 is 5.79 Å². The Kier molecular flexibility index (Phi) is 4.08. The van der Waals surface area contributed by atoms with Crippen LogP contribution in [0.15, 0.2) is 24.3 Å². The lowest BCUT2D eigenvalue weighted by Gasteiger charge is -2.22. The third-order valence-corrected chi connectivity index (χ3v) is 4.01. The quantitative estimate of drug-likeness (QED) is 0.885. The minimum Gasteiger partial charge on any atom is -0.348 e. The Bertz CT molecular complexity index is 462. The summed E-state index contributed by atoms with van der Waals surface area (Å²) in [4.78, 5) is 0. The molecule has 0 aliphatic carbocycles. The molecule has 3 rings (SSSR count). The molecule has 2 heterocycles. The average molecular weight is 276 g/mol. The van der Waals surface area contributed by atoms with E-state index in [1.807, 2.05) is 13.8 Å². The molecule has 2 N–H and O–H groups in total. The molecule has 2 unspecified atom stereocenters. The van der Waals surface area contributed by atoms with Crippen LogP contribution in [0.4, 0.5) is 0 Å². The van der Waals surface area contributed by atoms with Crippen molar-refractivity contribution in [3.05, 3.63) is 35.4 Å². The first kappa shape index (κ1) is 14.0. The first-order valence-corrected chi connectivity index (χ1v) is 7.48. The van der Waals surface area contributed by atoms with Gasteiger partial charge in [0.2, 0.25) is 0 Å². The highest BCUT2D eigenvalue weighted by atomic mass is 16.7. The molecule has 0 radical (unpaired) electrons. The van der Waals surface area contributed by atoms with E-state index in [9.17, 15) is 0 Å². The maximum Gasteiger partial charge on any atom is 0.163 e. The SMILES string of the molecule is CC1(C)OCC(CNC2CCNCc3ccccc32)O1. The van der Waals surface area contributed by atoms with Gasteiger partial charge in [-0.2, -0.15) is 0 Å². The van der Waals surface area contributed by atoms with Crippen LogP contribution >= 0.6 is 0 Å². The summed E-state index contributed by atoms with van der Waals surface area (Å²) in [7, 11) is 0. The normalized spacial score (nSPS) is 28.9. The second-order valence-corrected chi connectivity index (χ2v) is 6.08. The first-order chi connectivity index (χ1) is 9.64. The van der Waals surface area contributed by atoms with Crippen molar-refractivity contribution in [2.75, 3.05) is 19.7 Å². The van der Waals surface area contributed by atoms with Crippen LogP contribution in [0, 0.1) is 0 Å². The Morgan fingerprint density at radius 1 is 1.35 bits per heavy atom. The van der Waals surface area contributed by atoms with Crippen LogP contribution in [-0.2, 0) is 16.0 Å². The Balaban J connectivity index is 1.63. The third-order valence-electron chi connectivity index (χ3n) is 4.01. The van der Waals surface area contributed by atoms with E-state index >= 15 is 0 Å². The van der Waals surface area contributed by atoms with Crippen LogP contribution in [-0.4, -0.2) is 31.6 Å². The smallest absolute Gasteiger partial charge is 0.163 e. The fourth-order valence-corrected chi connectivity index (χ4v) is 3.01. The number of fused-ring (bicyclic) bond motifs is 1. The summed E-state index contributed by atoms with van der Waals surface area (Å²) in [6.07, 6.45) is 1.25. The van der Waals surface area contributed by atoms with E-state index in [-0.39, 0.29) is 6.10 Å². The van der Waals surface area contributed by atoms with Gasteiger partial charge in [0, 0.05) is 19.1 Å². The van der Waals surface area contributed by atoms with Crippen LogP contribution in [0.1, 0.15) is 37.4 Å². The molecular weight excluding hydrogens is 252 g/mol. The minimum absolute atomic E-state index is 0.147. The second kappa shape index (κ2) is 5.82. The number of rotatable bonds is 3. The Morgan fingerprint density at radius 3 is 3.00 bits per heavy atom. The number of benzene rings is 1. The molecule has 1 saturated heterocycles. The van der Waals surface area contributed by atoms with Crippen LogP contribution in [0.3, 0.4) is 0 Å². The summed E-state index contributed by atoms with van der Waals surface area (Å²) in [6.45, 7) is 7.45. The van der Waals surface area contributed by atoms with E-state index in [0.29, 0.717) is 12.6 Å². The zero-order chi connectivity index (χ0) is 14.0. The van der Waals surface area contributed by atoms with Crippen LogP contribution in [0.25, 0.3) is 0 Å². The summed E-state index contributed by atoms with van der Waals surface area (Å²) in [5.74, 6) is -0.435. The van der Waals surface area contributed by atoms with Gasteiger partial charge in [0.1, 0.15) is 0 Å². The molecule has 0 saturated carbocycles. The maximum atomic E-state index is 5.86. The minimum atomic E-state index is -0.435.